The third-order valence-electron chi connectivity index (χ3n) is 4.39. The molecule has 0 spiro atoms. The van der Waals surface area contributed by atoms with Crippen molar-refractivity contribution in [2.45, 2.75) is 35.8 Å². The van der Waals surface area contributed by atoms with Crippen molar-refractivity contribution in [1.29, 1.82) is 0 Å². The molecule has 3 rings (SSSR count). The van der Waals surface area contributed by atoms with Crippen LogP contribution < -0.4 is 10.6 Å². The van der Waals surface area contributed by atoms with Gasteiger partial charge in [0.05, 0.1) is 10.9 Å². The maximum Gasteiger partial charge on any atom is 0.238 e. The highest BCUT2D eigenvalue weighted by Crippen LogP contribution is 2.36. The van der Waals surface area contributed by atoms with E-state index in [0.29, 0.717) is 12.5 Å². The Bertz CT molecular complexity index is 748. The van der Waals surface area contributed by atoms with E-state index in [9.17, 15) is 9.59 Å². The molecule has 0 saturated carbocycles. The molecular formula is C20H22N2O2S. The molecule has 130 valence electrons. The summed E-state index contributed by atoms with van der Waals surface area (Å²) in [5, 5.41) is 5.49. The van der Waals surface area contributed by atoms with Gasteiger partial charge in [0.1, 0.15) is 0 Å². The summed E-state index contributed by atoms with van der Waals surface area (Å²) in [6, 6.07) is 17.9. The van der Waals surface area contributed by atoms with Crippen LogP contribution >= 0.6 is 11.8 Å². The van der Waals surface area contributed by atoms with Gasteiger partial charge in [-0.1, -0.05) is 49.4 Å². The average molecular weight is 354 g/mol. The molecule has 0 saturated heterocycles. The molecule has 25 heavy (non-hydrogen) atoms. The summed E-state index contributed by atoms with van der Waals surface area (Å²) in [6.07, 6.45) is 1.15. The largest absolute Gasteiger partial charge is 0.355 e. The van der Waals surface area contributed by atoms with Crippen LogP contribution in [-0.2, 0) is 9.59 Å². The van der Waals surface area contributed by atoms with E-state index < -0.39 is 0 Å². The minimum atomic E-state index is -0.383. The zero-order valence-corrected chi connectivity index (χ0v) is 15.0. The molecule has 1 heterocycles. The van der Waals surface area contributed by atoms with Gasteiger partial charge in [0.2, 0.25) is 11.8 Å². The minimum Gasteiger partial charge on any atom is -0.355 e. The maximum absolute atomic E-state index is 12.3. The molecule has 2 atom stereocenters. The lowest BCUT2D eigenvalue weighted by atomic mass is 9.96. The van der Waals surface area contributed by atoms with Gasteiger partial charge in [-0.3, -0.25) is 9.59 Å². The second-order valence-corrected chi connectivity index (χ2v) is 7.36. The van der Waals surface area contributed by atoms with Crippen LogP contribution in [0.2, 0.25) is 0 Å². The molecule has 0 aliphatic carbocycles. The van der Waals surface area contributed by atoms with Crippen LogP contribution in [0.1, 0.15) is 31.2 Å². The van der Waals surface area contributed by atoms with Gasteiger partial charge < -0.3 is 10.6 Å². The van der Waals surface area contributed by atoms with Crippen molar-refractivity contribution in [3.05, 3.63) is 60.2 Å². The fourth-order valence-electron chi connectivity index (χ4n) is 2.93. The van der Waals surface area contributed by atoms with E-state index in [1.807, 2.05) is 42.5 Å². The number of nitrogens with one attached hydrogen (secondary N) is 2. The molecule has 2 amide bonds. The molecule has 4 nitrogen and oxygen atoms in total. The first-order valence-electron chi connectivity index (χ1n) is 8.55. The number of anilines is 1. The Hall–Kier alpha value is -2.27. The van der Waals surface area contributed by atoms with E-state index in [1.54, 1.807) is 0 Å². The Morgan fingerprint density at radius 2 is 1.88 bits per heavy atom. The molecule has 1 aliphatic heterocycles. The highest BCUT2D eigenvalue weighted by Gasteiger charge is 2.28. The standard InChI is InChI=1S/C20H22N2O2S/c1-2-14(15-8-4-3-5-9-15)13-21-19(23)12-18-20(24)22-16-10-6-7-11-17(16)25-18/h3-11,14,18H,2,12-13H2,1H3,(H,21,23)(H,22,24)/t14-,18+/m0/s1. The molecular weight excluding hydrogens is 332 g/mol. The number of fused-ring (bicyclic) bond motifs is 1. The molecule has 0 aromatic heterocycles. The molecule has 2 N–H and O–H groups in total. The fraction of sp³-hybridized carbons (Fsp3) is 0.300. The molecule has 0 bridgehead atoms. The summed E-state index contributed by atoms with van der Waals surface area (Å²) >= 11 is 1.46. The number of thioether (sulfide) groups is 1. The topological polar surface area (TPSA) is 58.2 Å². The second-order valence-electron chi connectivity index (χ2n) is 6.12. The van der Waals surface area contributed by atoms with Crippen molar-refractivity contribution >= 4 is 29.3 Å². The summed E-state index contributed by atoms with van der Waals surface area (Å²) in [5.41, 5.74) is 2.05. The van der Waals surface area contributed by atoms with Crippen molar-refractivity contribution in [3.8, 4) is 0 Å². The van der Waals surface area contributed by atoms with Crippen molar-refractivity contribution in [2.24, 2.45) is 0 Å². The van der Waals surface area contributed by atoms with E-state index in [2.05, 4.69) is 29.7 Å². The second kappa shape index (κ2) is 8.21. The predicted octanol–water partition coefficient (Wildman–Crippen LogP) is 3.80. The first kappa shape index (κ1) is 17.5. The van der Waals surface area contributed by atoms with Crippen molar-refractivity contribution in [1.82, 2.24) is 5.32 Å². The van der Waals surface area contributed by atoms with Gasteiger partial charge in [0, 0.05) is 23.8 Å². The number of hydrogen-bond acceptors (Lipinski definition) is 3. The maximum atomic E-state index is 12.3. The van der Waals surface area contributed by atoms with Crippen LogP contribution in [0.5, 0.6) is 0 Å². The van der Waals surface area contributed by atoms with E-state index in [0.717, 1.165) is 17.0 Å². The van der Waals surface area contributed by atoms with Gasteiger partial charge in [0.25, 0.3) is 0 Å². The van der Waals surface area contributed by atoms with Crippen molar-refractivity contribution < 1.29 is 9.59 Å². The third kappa shape index (κ3) is 4.42. The number of benzene rings is 2. The van der Waals surface area contributed by atoms with Gasteiger partial charge in [0.15, 0.2) is 0 Å². The summed E-state index contributed by atoms with van der Waals surface area (Å²) in [4.78, 5) is 25.5. The van der Waals surface area contributed by atoms with E-state index in [-0.39, 0.29) is 23.5 Å². The Labute approximate surface area is 152 Å². The van der Waals surface area contributed by atoms with Gasteiger partial charge >= 0.3 is 0 Å². The summed E-state index contributed by atoms with van der Waals surface area (Å²) in [7, 11) is 0. The number of amides is 2. The van der Waals surface area contributed by atoms with Gasteiger partial charge in [-0.2, -0.15) is 0 Å². The zero-order valence-electron chi connectivity index (χ0n) is 14.2. The Kier molecular flexibility index (Phi) is 5.76. The molecule has 2 aromatic rings. The SMILES string of the molecule is CC[C@@H](CNC(=O)C[C@H]1Sc2ccccc2NC1=O)c1ccccc1. The lowest BCUT2D eigenvalue weighted by molar-refractivity contribution is -0.124. The normalized spacial score (nSPS) is 17.3. The van der Waals surface area contributed by atoms with Gasteiger partial charge in [-0.15, -0.1) is 11.8 Å². The highest BCUT2D eigenvalue weighted by molar-refractivity contribution is 8.01. The summed E-state index contributed by atoms with van der Waals surface area (Å²) in [5.74, 6) is 0.106. The van der Waals surface area contributed by atoms with Crippen LogP contribution in [0.25, 0.3) is 0 Å². The Morgan fingerprint density at radius 1 is 1.16 bits per heavy atom. The van der Waals surface area contributed by atoms with Gasteiger partial charge in [-0.05, 0) is 24.1 Å². The van der Waals surface area contributed by atoms with Crippen LogP contribution in [0, 0.1) is 0 Å². The number of rotatable bonds is 6. The fourth-order valence-corrected chi connectivity index (χ4v) is 4.04. The van der Waals surface area contributed by atoms with E-state index in [1.165, 1.54) is 17.3 Å². The Balaban J connectivity index is 1.55. The molecule has 0 unspecified atom stereocenters. The first-order valence-corrected chi connectivity index (χ1v) is 9.43. The number of para-hydroxylation sites is 1. The van der Waals surface area contributed by atoms with Crippen molar-refractivity contribution in [2.75, 3.05) is 11.9 Å². The molecule has 5 heteroatoms. The first-order chi connectivity index (χ1) is 12.2. The summed E-state index contributed by atoms with van der Waals surface area (Å²) < 4.78 is 0. The third-order valence-corrected chi connectivity index (χ3v) is 5.66. The monoisotopic (exact) mass is 354 g/mol. The number of hydrogen-bond donors (Lipinski definition) is 2. The summed E-state index contributed by atoms with van der Waals surface area (Å²) in [6.45, 7) is 2.71. The van der Waals surface area contributed by atoms with Crippen LogP contribution in [0.15, 0.2) is 59.5 Å². The van der Waals surface area contributed by atoms with Crippen LogP contribution in [0.4, 0.5) is 5.69 Å². The van der Waals surface area contributed by atoms with E-state index >= 15 is 0 Å². The predicted molar refractivity (Wildman–Crippen MR) is 102 cm³/mol. The van der Waals surface area contributed by atoms with E-state index in [4.69, 9.17) is 0 Å². The highest BCUT2D eigenvalue weighted by atomic mass is 32.2. The average Bonchev–Trinajstić information content (AvgIpc) is 2.64. The quantitative estimate of drug-likeness (QED) is 0.829. The minimum absolute atomic E-state index is 0.0820. The number of carbonyl (C=O) groups excluding carboxylic acids is 2. The number of carbonyl (C=O) groups is 2. The van der Waals surface area contributed by atoms with Crippen molar-refractivity contribution in [3.63, 3.8) is 0 Å². The zero-order chi connectivity index (χ0) is 17.6. The molecule has 0 radical (unpaired) electrons. The lowest BCUT2D eigenvalue weighted by Crippen LogP contribution is -2.36. The molecule has 1 aliphatic rings. The molecule has 0 fully saturated rings. The van der Waals surface area contributed by atoms with Crippen LogP contribution in [-0.4, -0.2) is 23.6 Å². The molecule has 2 aromatic carbocycles. The lowest BCUT2D eigenvalue weighted by Gasteiger charge is -2.24. The smallest absolute Gasteiger partial charge is 0.238 e. The van der Waals surface area contributed by atoms with Crippen LogP contribution in [0.3, 0.4) is 0 Å². The van der Waals surface area contributed by atoms with Gasteiger partial charge in [-0.25, -0.2) is 0 Å². The Morgan fingerprint density at radius 3 is 2.64 bits per heavy atom.